The molecule has 0 radical (unpaired) electrons. The third-order valence-corrected chi connectivity index (χ3v) is 5.68. The van der Waals surface area contributed by atoms with Crippen LogP contribution in [0.5, 0.6) is 0 Å². The summed E-state index contributed by atoms with van der Waals surface area (Å²) in [6, 6.07) is 24.1. The number of halogens is 3. The number of aromatic nitrogens is 2. The highest BCUT2D eigenvalue weighted by atomic mass is 19.4. The first kappa shape index (κ1) is 25.6. The highest BCUT2D eigenvalue weighted by molar-refractivity contribution is 6.03. The monoisotopic (exact) mass is 507 g/mol. The zero-order valence-electron chi connectivity index (χ0n) is 19.9. The van der Waals surface area contributed by atoms with Crippen LogP contribution < -0.4 is 10.2 Å². The fraction of sp³-hybridized carbons (Fsp3) is 0.185. The van der Waals surface area contributed by atoms with Crippen LogP contribution in [-0.4, -0.2) is 29.3 Å². The standard InChI is InChI=1S/C27H24F3N5O2/c1-34(22-10-3-2-4-11-22)18-20-8-5-9-21(15-20)32-26(36)24-17-25(27(28,29)30)33-35(24)23-12-6-7-19(16-23)13-14-31-37/h2-12,15-17H,13-14,18H2,1H3,(H,32,36). The Morgan fingerprint density at radius 3 is 2.43 bits per heavy atom. The minimum atomic E-state index is -4.73. The smallest absolute Gasteiger partial charge is 0.370 e. The van der Waals surface area contributed by atoms with Crippen molar-refractivity contribution >= 4 is 17.3 Å². The summed E-state index contributed by atoms with van der Waals surface area (Å²) < 4.78 is 41.4. The number of carbonyl (C=O) groups excluding carboxylic acids is 1. The summed E-state index contributed by atoms with van der Waals surface area (Å²) in [5, 5.41) is 9.17. The third kappa shape index (κ3) is 6.40. The molecule has 4 rings (SSSR count). The van der Waals surface area contributed by atoms with Gasteiger partial charge in [-0.1, -0.05) is 47.6 Å². The van der Waals surface area contributed by atoms with Gasteiger partial charge in [0, 0.05) is 31.0 Å². The van der Waals surface area contributed by atoms with Crippen LogP contribution in [0, 0.1) is 4.91 Å². The molecule has 10 heteroatoms. The van der Waals surface area contributed by atoms with E-state index in [9.17, 15) is 22.9 Å². The number of amides is 1. The molecule has 0 saturated carbocycles. The summed E-state index contributed by atoms with van der Waals surface area (Å²) in [7, 11) is 1.94. The number of nitrogens with zero attached hydrogens (tertiary/aromatic N) is 4. The summed E-state index contributed by atoms with van der Waals surface area (Å²) in [5.41, 5.74) is 1.86. The molecule has 0 aliphatic heterocycles. The Bertz CT molecular complexity index is 1390. The van der Waals surface area contributed by atoms with Gasteiger partial charge >= 0.3 is 6.18 Å². The SMILES string of the molecule is CN(Cc1cccc(NC(=O)c2cc(C(F)(F)F)nn2-c2cccc(CCN=O)c2)c1)c1ccccc1. The molecule has 0 aliphatic carbocycles. The normalized spacial score (nSPS) is 11.2. The van der Waals surface area contributed by atoms with Gasteiger partial charge in [-0.3, -0.25) is 4.79 Å². The van der Waals surface area contributed by atoms with Gasteiger partial charge in [0.05, 0.1) is 12.2 Å². The zero-order valence-corrected chi connectivity index (χ0v) is 19.9. The van der Waals surface area contributed by atoms with E-state index in [1.54, 1.807) is 42.5 Å². The lowest BCUT2D eigenvalue weighted by molar-refractivity contribution is -0.141. The van der Waals surface area contributed by atoms with E-state index in [0.29, 0.717) is 24.2 Å². The van der Waals surface area contributed by atoms with E-state index in [1.165, 1.54) is 0 Å². The van der Waals surface area contributed by atoms with Crippen molar-refractivity contribution in [1.29, 1.82) is 0 Å². The number of hydrogen-bond acceptors (Lipinski definition) is 5. The van der Waals surface area contributed by atoms with Gasteiger partial charge in [0.15, 0.2) is 5.69 Å². The number of alkyl halides is 3. The predicted molar refractivity (Wildman–Crippen MR) is 136 cm³/mol. The van der Waals surface area contributed by atoms with Crippen molar-refractivity contribution in [3.05, 3.63) is 112 Å². The second-order valence-electron chi connectivity index (χ2n) is 8.44. The summed E-state index contributed by atoms with van der Waals surface area (Å²) >= 11 is 0. The van der Waals surface area contributed by atoms with Crippen LogP contribution in [0.15, 0.2) is 90.1 Å². The average Bonchev–Trinajstić information content (AvgIpc) is 3.35. The highest BCUT2D eigenvalue weighted by Crippen LogP contribution is 2.30. The summed E-state index contributed by atoms with van der Waals surface area (Å²) in [6.45, 7) is 0.589. The maximum Gasteiger partial charge on any atom is 0.435 e. The van der Waals surface area contributed by atoms with Crippen LogP contribution in [-0.2, 0) is 19.1 Å². The molecule has 4 aromatic rings. The molecular weight excluding hydrogens is 483 g/mol. The minimum absolute atomic E-state index is 0.0273. The number of para-hydroxylation sites is 1. The Labute approximate surface area is 211 Å². The predicted octanol–water partition coefficient (Wildman–Crippen LogP) is 6.09. The van der Waals surface area contributed by atoms with Gasteiger partial charge in [0.25, 0.3) is 5.91 Å². The molecule has 0 fully saturated rings. The van der Waals surface area contributed by atoms with E-state index in [4.69, 9.17) is 0 Å². The minimum Gasteiger partial charge on any atom is -0.370 e. The first-order valence-corrected chi connectivity index (χ1v) is 11.5. The molecule has 190 valence electrons. The number of anilines is 2. The van der Waals surface area contributed by atoms with Gasteiger partial charge in [-0.05, 0) is 53.9 Å². The maximum atomic E-state index is 13.5. The molecule has 0 spiro atoms. The first-order chi connectivity index (χ1) is 17.7. The molecule has 1 N–H and O–H groups in total. The van der Waals surface area contributed by atoms with E-state index in [2.05, 4.69) is 15.6 Å². The first-order valence-electron chi connectivity index (χ1n) is 11.5. The number of nitroso groups, excluding NO2 is 1. The summed E-state index contributed by atoms with van der Waals surface area (Å²) in [5.74, 6) is -0.739. The third-order valence-electron chi connectivity index (χ3n) is 5.68. The Morgan fingerprint density at radius 1 is 0.973 bits per heavy atom. The Kier molecular flexibility index (Phi) is 7.66. The van der Waals surface area contributed by atoms with E-state index in [0.717, 1.165) is 22.0 Å². The van der Waals surface area contributed by atoms with E-state index in [-0.39, 0.29) is 17.9 Å². The van der Waals surface area contributed by atoms with Gasteiger partial charge in [-0.25, -0.2) is 4.68 Å². The van der Waals surface area contributed by atoms with Crippen molar-refractivity contribution in [2.24, 2.45) is 5.18 Å². The van der Waals surface area contributed by atoms with Gasteiger partial charge < -0.3 is 10.2 Å². The van der Waals surface area contributed by atoms with Crippen LogP contribution in [0.1, 0.15) is 27.3 Å². The topological polar surface area (TPSA) is 79.6 Å². The van der Waals surface area contributed by atoms with E-state index in [1.807, 2.05) is 48.3 Å². The number of hydrogen-bond donors (Lipinski definition) is 1. The fourth-order valence-electron chi connectivity index (χ4n) is 3.89. The van der Waals surface area contributed by atoms with Crippen molar-refractivity contribution in [2.75, 3.05) is 23.8 Å². The molecule has 0 bridgehead atoms. The molecule has 1 aromatic heterocycles. The molecule has 0 unspecified atom stereocenters. The van der Waals surface area contributed by atoms with Crippen LogP contribution in [0.2, 0.25) is 0 Å². The Hall–Kier alpha value is -4.47. The van der Waals surface area contributed by atoms with Crippen molar-refractivity contribution in [3.63, 3.8) is 0 Å². The molecule has 1 amide bonds. The summed E-state index contributed by atoms with van der Waals surface area (Å²) in [4.78, 5) is 25.7. The van der Waals surface area contributed by atoms with Gasteiger partial charge in [0.2, 0.25) is 0 Å². The largest absolute Gasteiger partial charge is 0.435 e. The number of rotatable bonds is 9. The lowest BCUT2D eigenvalue weighted by Gasteiger charge is -2.19. The second-order valence-corrected chi connectivity index (χ2v) is 8.44. The Morgan fingerprint density at radius 2 is 1.70 bits per heavy atom. The summed E-state index contributed by atoms with van der Waals surface area (Å²) in [6.07, 6.45) is -4.42. The lowest BCUT2D eigenvalue weighted by atomic mass is 10.1. The molecule has 37 heavy (non-hydrogen) atoms. The van der Waals surface area contributed by atoms with Crippen molar-refractivity contribution in [3.8, 4) is 5.69 Å². The van der Waals surface area contributed by atoms with Crippen molar-refractivity contribution in [1.82, 2.24) is 9.78 Å². The quantitative estimate of drug-likeness (QED) is 0.278. The van der Waals surface area contributed by atoms with E-state index >= 15 is 0 Å². The number of carbonyl (C=O) groups is 1. The van der Waals surface area contributed by atoms with Crippen LogP contribution in [0.25, 0.3) is 5.69 Å². The van der Waals surface area contributed by atoms with Crippen LogP contribution in [0.4, 0.5) is 24.5 Å². The molecule has 3 aromatic carbocycles. The highest BCUT2D eigenvalue weighted by Gasteiger charge is 2.36. The number of benzene rings is 3. The molecule has 1 heterocycles. The zero-order chi connectivity index (χ0) is 26.4. The van der Waals surface area contributed by atoms with Crippen LogP contribution >= 0.6 is 0 Å². The number of nitrogens with one attached hydrogen (secondary N) is 1. The van der Waals surface area contributed by atoms with Gasteiger partial charge in [0.1, 0.15) is 5.69 Å². The molecular formula is C27H24F3N5O2. The Balaban J connectivity index is 1.60. The lowest BCUT2D eigenvalue weighted by Crippen LogP contribution is -2.18. The molecule has 0 saturated heterocycles. The van der Waals surface area contributed by atoms with Gasteiger partial charge in [-0.15, -0.1) is 0 Å². The molecule has 0 atom stereocenters. The van der Waals surface area contributed by atoms with E-state index < -0.39 is 17.8 Å². The fourth-order valence-corrected chi connectivity index (χ4v) is 3.89. The van der Waals surface area contributed by atoms with Crippen molar-refractivity contribution < 1.29 is 18.0 Å². The van der Waals surface area contributed by atoms with Crippen molar-refractivity contribution in [2.45, 2.75) is 19.1 Å². The van der Waals surface area contributed by atoms with Crippen LogP contribution in [0.3, 0.4) is 0 Å². The molecule has 7 nitrogen and oxygen atoms in total. The maximum absolute atomic E-state index is 13.5. The second kappa shape index (κ2) is 11.1. The van der Waals surface area contributed by atoms with Gasteiger partial charge in [-0.2, -0.15) is 23.2 Å². The average molecular weight is 508 g/mol. The molecule has 0 aliphatic rings.